The van der Waals surface area contributed by atoms with Crippen molar-refractivity contribution in [2.45, 2.75) is 6.61 Å². The van der Waals surface area contributed by atoms with Gasteiger partial charge in [-0.05, 0) is 12.1 Å². The molecular weight excluding hydrogens is 267 g/mol. The molecule has 0 aliphatic carbocycles. The Kier molecular flexibility index (Phi) is 3.53. The molecule has 0 radical (unpaired) electrons. The van der Waals surface area contributed by atoms with Gasteiger partial charge in [-0.15, -0.1) is 11.3 Å². The van der Waals surface area contributed by atoms with Crippen LogP contribution in [0, 0.1) is 0 Å². The molecule has 0 fully saturated rings. The summed E-state index contributed by atoms with van der Waals surface area (Å²) in [6, 6.07) is 3.20. The highest BCUT2D eigenvalue weighted by Gasteiger charge is 2.09. The van der Waals surface area contributed by atoms with Crippen molar-refractivity contribution in [3.05, 3.63) is 38.8 Å². The Morgan fingerprint density at radius 3 is 2.56 bits per heavy atom. The molecule has 2 rings (SSSR count). The minimum Gasteiger partial charge on any atom is -0.483 e. The van der Waals surface area contributed by atoms with Gasteiger partial charge in [-0.25, -0.2) is 4.98 Å². The van der Waals surface area contributed by atoms with E-state index in [1.54, 1.807) is 18.3 Å². The molecule has 84 valence electrons. The van der Waals surface area contributed by atoms with Gasteiger partial charge in [0.15, 0.2) is 5.75 Å². The summed E-state index contributed by atoms with van der Waals surface area (Å²) >= 11 is 13.4. The lowest BCUT2D eigenvalue weighted by Gasteiger charge is -2.09. The van der Waals surface area contributed by atoms with Gasteiger partial charge in [-0.3, -0.25) is 0 Å². The number of nitrogen functional groups attached to an aromatic ring is 1. The van der Waals surface area contributed by atoms with Gasteiger partial charge in [0.2, 0.25) is 0 Å². The van der Waals surface area contributed by atoms with Crippen molar-refractivity contribution in [1.82, 2.24) is 4.98 Å². The van der Waals surface area contributed by atoms with E-state index in [1.165, 1.54) is 11.3 Å². The van der Waals surface area contributed by atoms with Crippen LogP contribution in [-0.4, -0.2) is 4.98 Å². The number of rotatable bonds is 3. The Labute approximate surface area is 107 Å². The van der Waals surface area contributed by atoms with Gasteiger partial charge >= 0.3 is 0 Å². The van der Waals surface area contributed by atoms with Gasteiger partial charge in [-0.2, -0.15) is 0 Å². The fourth-order valence-electron chi connectivity index (χ4n) is 1.18. The molecule has 1 aromatic heterocycles. The number of hydrogen-bond acceptors (Lipinski definition) is 4. The lowest BCUT2D eigenvalue weighted by atomic mass is 10.3. The van der Waals surface area contributed by atoms with E-state index >= 15 is 0 Å². The Morgan fingerprint density at radius 1 is 1.31 bits per heavy atom. The average molecular weight is 275 g/mol. The van der Waals surface area contributed by atoms with E-state index in [9.17, 15) is 0 Å². The molecule has 0 amide bonds. The summed E-state index contributed by atoms with van der Waals surface area (Å²) in [7, 11) is 0. The van der Waals surface area contributed by atoms with E-state index < -0.39 is 0 Å². The van der Waals surface area contributed by atoms with Gasteiger partial charge in [0.1, 0.15) is 11.6 Å². The normalized spacial score (nSPS) is 10.4. The Hall–Kier alpha value is -0.970. The molecule has 0 saturated heterocycles. The summed E-state index contributed by atoms with van der Waals surface area (Å²) in [6.07, 6.45) is 1.72. The molecule has 0 bridgehead atoms. The van der Waals surface area contributed by atoms with Crippen molar-refractivity contribution in [1.29, 1.82) is 0 Å². The Bertz CT molecular complexity index is 465. The second-order valence-corrected chi connectivity index (χ2v) is 4.82. The van der Waals surface area contributed by atoms with Crippen LogP contribution in [0.2, 0.25) is 10.0 Å². The summed E-state index contributed by atoms with van der Waals surface area (Å²) < 4.78 is 5.50. The number of nitrogens with zero attached hydrogens (tertiary/aromatic N) is 1. The smallest absolute Gasteiger partial charge is 0.157 e. The summed E-state index contributed by atoms with van der Waals surface area (Å²) in [5, 5.41) is 3.55. The molecule has 0 aliphatic heterocycles. The second-order valence-electron chi connectivity index (χ2n) is 3.03. The average Bonchev–Trinajstić information content (AvgIpc) is 2.68. The topological polar surface area (TPSA) is 48.1 Å². The van der Waals surface area contributed by atoms with Crippen LogP contribution in [0.1, 0.15) is 5.01 Å². The van der Waals surface area contributed by atoms with Crippen LogP contribution in [0.5, 0.6) is 5.75 Å². The van der Waals surface area contributed by atoms with E-state index in [0.29, 0.717) is 28.1 Å². The minimum absolute atomic E-state index is 0.348. The van der Waals surface area contributed by atoms with Crippen LogP contribution in [0.15, 0.2) is 23.7 Å². The zero-order valence-electron chi connectivity index (χ0n) is 8.11. The third-order valence-electron chi connectivity index (χ3n) is 1.84. The van der Waals surface area contributed by atoms with Gasteiger partial charge in [0.05, 0.1) is 10.0 Å². The molecule has 0 unspecified atom stereocenters. The fourth-order valence-corrected chi connectivity index (χ4v) is 2.32. The number of anilines is 1. The number of halogens is 2. The number of nitrogens with two attached hydrogens (primary N) is 1. The van der Waals surface area contributed by atoms with Crippen LogP contribution < -0.4 is 10.5 Å². The Morgan fingerprint density at radius 2 is 2.00 bits per heavy atom. The molecule has 1 heterocycles. The number of ether oxygens (including phenoxy) is 1. The standard InChI is InChI=1S/C10H8Cl2N2OS/c11-7-3-6(13)4-8(12)10(7)15-5-9-14-1-2-16-9/h1-4H,5,13H2. The van der Waals surface area contributed by atoms with Gasteiger partial charge in [0, 0.05) is 17.3 Å². The maximum Gasteiger partial charge on any atom is 0.157 e. The van der Waals surface area contributed by atoms with Crippen molar-refractivity contribution >= 4 is 40.2 Å². The summed E-state index contributed by atoms with van der Waals surface area (Å²) in [5.41, 5.74) is 6.10. The van der Waals surface area contributed by atoms with Crippen LogP contribution in [0.4, 0.5) is 5.69 Å². The molecule has 0 spiro atoms. The SMILES string of the molecule is Nc1cc(Cl)c(OCc2nccs2)c(Cl)c1. The molecular formula is C10H8Cl2N2OS. The Balaban J connectivity index is 2.15. The highest BCUT2D eigenvalue weighted by Crippen LogP contribution is 2.35. The largest absolute Gasteiger partial charge is 0.483 e. The molecule has 16 heavy (non-hydrogen) atoms. The second kappa shape index (κ2) is 4.91. The highest BCUT2D eigenvalue weighted by atomic mass is 35.5. The lowest BCUT2D eigenvalue weighted by Crippen LogP contribution is -1.97. The summed E-state index contributed by atoms with van der Waals surface area (Å²) in [6.45, 7) is 0.348. The predicted octanol–water partition coefficient (Wildman–Crippen LogP) is 3.61. The summed E-state index contributed by atoms with van der Waals surface area (Å²) in [5.74, 6) is 0.438. The third kappa shape index (κ3) is 2.58. The van der Waals surface area contributed by atoms with E-state index in [4.69, 9.17) is 33.7 Å². The first-order valence-electron chi connectivity index (χ1n) is 4.42. The quantitative estimate of drug-likeness (QED) is 0.870. The number of thiazole rings is 1. The van der Waals surface area contributed by atoms with E-state index in [-0.39, 0.29) is 0 Å². The molecule has 0 saturated carbocycles. The van der Waals surface area contributed by atoms with Crippen molar-refractivity contribution in [2.75, 3.05) is 5.73 Å². The molecule has 1 aromatic carbocycles. The molecule has 3 nitrogen and oxygen atoms in total. The zero-order chi connectivity index (χ0) is 11.5. The zero-order valence-corrected chi connectivity index (χ0v) is 10.4. The van der Waals surface area contributed by atoms with Crippen LogP contribution in [0.3, 0.4) is 0 Å². The van der Waals surface area contributed by atoms with Crippen molar-refractivity contribution in [3.63, 3.8) is 0 Å². The first-order valence-corrected chi connectivity index (χ1v) is 6.06. The molecule has 0 atom stereocenters. The van der Waals surface area contributed by atoms with Gasteiger partial charge in [0.25, 0.3) is 0 Å². The van der Waals surface area contributed by atoms with E-state index in [0.717, 1.165) is 5.01 Å². The van der Waals surface area contributed by atoms with Crippen LogP contribution >= 0.6 is 34.5 Å². The van der Waals surface area contributed by atoms with E-state index in [2.05, 4.69) is 4.98 Å². The number of aromatic nitrogens is 1. The van der Waals surface area contributed by atoms with Gasteiger partial charge < -0.3 is 10.5 Å². The first kappa shape index (κ1) is 11.5. The molecule has 6 heteroatoms. The van der Waals surface area contributed by atoms with Crippen LogP contribution in [0.25, 0.3) is 0 Å². The maximum absolute atomic E-state index is 5.97. The van der Waals surface area contributed by atoms with Crippen molar-refractivity contribution in [3.8, 4) is 5.75 Å². The predicted molar refractivity (Wildman–Crippen MR) is 67.3 cm³/mol. The number of hydrogen-bond donors (Lipinski definition) is 1. The number of benzene rings is 1. The third-order valence-corrected chi connectivity index (χ3v) is 3.16. The van der Waals surface area contributed by atoms with Crippen LogP contribution in [-0.2, 0) is 6.61 Å². The van der Waals surface area contributed by atoms with Gasteiger partial charge in [-0.1, -0.05) is 23.2 Å². The molecule has 2 N–H and O–H groups in total. The summed E-state index contributed by atoms with van der Waals surface area (Å²) in [4.78, 5) is 4.09. The minimum atomic E-state index is 0.348. The first-order chi connectivity index (χ1) is 7.66. The van der Waals surface area contributed by atoms with E-state index in [1.807, 2.05) is 5.38 Å². The monoisotopic (exact) mass is 274 g/mol. The molecule has 0 aliphatic rings. The van der Waals surface area contributed by atoms with Crippen molar-refractivity contribution < 1.29 is 4.74 Å². The van der Waals surface area contributed by atoms with Crippen molar-refractivity contribution in [2.24, 2.45) is 0 Å². The highest BCUT2D eigenvalue weighted by molar-refractivity contribution is 7.09. The maximum atomic E-state index is 5.97. The lowest BCUT2D eigenvalue weighted by molar-refractivity contribution is 0.306. The molecule has 2 aromatic rings. The fraction of sp³-hybridized carbons (Fsp3) is 0.100.